The average molecular weight is 230 g/mol. The lowest BCUT2D eigenvalue weighted by atomic mass is 9.88. The lowest BCUT2D eigenvalue weighted by Gasteiger charge is -2.28. The number of carbonyl (C=O) groups is 1. The van der Waals surface area contributed by atoms with Gasteiger partial charge in [-0.05, 0) is 31.5 Å². The van der Waals surface area contributed by atoms with E-state index < -0.39 is 19.9 Å². The summed E-state index contributed by atoms with van der Waals surface area (Å²) in [6.07, 6.45) is 0.663. The Morgan fingerprint density at radius 1 is 1.40 bits per heavy atom. The van der Waals surface area contributed by atoms with Crippen LogP contribution in [0, 0.1) is 11.3 Å². The zero-order valence-electron chi connectivity index (χ0n) is 10.5. The largest absolute Gasteiger partial charge is 0.479 e. The van der Waals surface area contributed by atoms with Crippen molar-refractivity contribution in [1.29, 1.82) is 0 Å². The number of hydrogen-bond donors (Lipinski definition) is 1. The van der Waals surface area contributed by atoms with Crippen LogP contribution >= 0.6 is 0 Å². The van der Waals surface area contributed by atoms with E-state index in [1.807, 2.05) is 19.6 Å². The third-order valence-corrected chi connectivity index (χ3v) is 3.78. The molecule has 0 bridgehead atoms. The van der Waals surface area contributed by atoms with Gasteiger partial charge in [0, 0.05) is 5.92 Å². The quantitative estimate of drug-likeness (QED) is 0.758. The van der Waals surface area contributed by atoms with E-state index >= 15 is 0 Å². The molecule has 2 atom stereocenters. The molecular weight excluding hydrogens is 208 g/mol. The van der Waals surface area contributed by atoms with Crippen molar-refractivity contribution in [3.05, 3.63) is 0 Å². The van der Waals surface area contributed by atoms with Gasteiger partial charge in [-0.2, -0.15) is 0 Å². The molecule has 0 spiro atoms. The Balaban J connectivity index is 2.84. The molecule has 1 rings (SSSR count). The SMILES string of the molecule is CC(C)(C)C1CC1(O[Si](C)(C)C)C(=O)O. The monoisotopic (exact) mass is 230 g/mol. The fourth-order valence-corrected chi connectivity index (χ4v) is 3.59. The van der Waals surface area contributed by atoms with Gasteiger partial charge in [0.1, 0.15) is 0 Å². The van der Waals surface area contributed by atoms with Crippen LogP contribution in [0.15, 0.2) is 0 Å². The maximum atomic E-state index is 11.3. The highest BCUT2D eigenvalue weighted by Gasteiger charge is 2.66. The molecule has 15 heavy (non-hydrogen) atoms. The van der Waals surface area contributed by atoms with Crippen LogP contribution in [0.4, 0.5) is 0 Å². The van der Waals surface area contributed by atoms with Gasteiger partial charge in [-0.25, -0.2) is 4.79 Å². The first-order valence-electron chi connectivity index (χ1n) is 5.43. The molecule has 2 unspecified atom stereocenters. The molecule has 1 N–H and O–H groups in total. The highest BCUT2D eigenvalue weighted by Crippen LogP contribution is 2.57. The Kier molecular flexibility index (Phi) is 2.81. The maximum absolute atomic E-state index is 11.3. The Hall–Kier alpha value is -0.353. The fraction of sp³-hybridized carbons (Fsp3) is 0.909. The maximum Gasteiger partial charge on any atom is 0.335 e. The van der Waals surface area contributed by atoms with Crippen molar-refractivity contribution in [2.75, 3.05) is 0 Å². The second-order valence-electron chi connectivity index (χ2n) is 6.53. The molecule has 0 radical (unpaired) electrons. The minimum Gasteiger partial charge on any atom is -0.479 e. The number of aliphatic carboxylic acids is 1. The Labute approximate surface area is 93.0 Å². The molecule has 88 valence electrons. The molecule has 0 aromatic heterocycles. The van der Waals surface area contributed by atoms with E-state index in [0.717, 1.165) is 0 Å². The van der Waals surface area contributed by atoms with Gasteiger partial charge in [0.25, 0.3) is 0 Å². The second-order valence-corrected chi connectivity index (χ2v) is 11.0. The Morgan fingerprint density at radius 2 is 1.87 bits per heavy atom. The smallest absolute Gasteiger partial charge is 0.335 e. The van der Waals surface area contributed by atoms with Crippen LogP contribution in [0.2, 0.25) is 19.6 Å². The van der Waals surface area contributed by atoms with Gasteiger partial charge in [-0.1, -0.05) is 20.8 Å². The van der Waals surface area contributed by atoms with Crippen LogP contribution in [0.3, 0.4) is 0 Å². The Morgan fingerprint density at radius 3 is 2.07 bits per heavy atom. The fourth-order valence-electron chi connectivity index (χ4n) is 2.19. The van der Waals surface area contributed by atoms with E-state index in [0.29, 0.717) is 6.42 Å². The number of carboxylic acids is 1. The molecule has 0 amide bonds. The summed E-state index contributed by atoms with van der Waals surface area (Å²) in [4.78, 5) is 11.3. The third kappa shape index (κ3) is 2.61. The lowest BCUT2D eigenvalue weighted by molar-refractivity contribution is -0.149. The molecule has 1 aliphatic carbocycles. The van der Waals surface area contributed by atoms with E-state index in [9.17, 15) is 9.90 Å². The number of carboxylic acid groups (broad SMARTS) is 1. The molecule has 0 saturated heterocycles. The molecule has 0 aromatic rings. The Bertz CT molecular complexity index is 275. The highest BCUT2D eigenvalue weighted by atomic mass is 28.4. The first-order valence-corrected chi connectivity index (χ1v) is 8.83. The van der Waals surface area contributed by atoms with Crippen LogP contribution in [0.5, 0.6) is 0 Å². The number of hydrogen-bond acceptors (Lipinski definition) is 2. The van der Waals surface area contributed by atoms with E-state index in [4.69, 9.17) is 4.43 Å². The van der Waals surface area contributed by atoms with E-state index in [2.05, 4.69) is 20.8 Å². The normalized spacial score (nSPS) is 31.5. The number of rotatable bonds is 3. The van der Waals surface area contributed by atoms with Gasteiger partial charge in [0.2, 0.25) is 0 Å². The summed E-state index contributed by atoms with van der Waals surface area (Å²) in [6, 6.07) is 0. The van der Waals surface area contributed by atoms with Crippen molar-refractivity contribution < 1.29 is 14.3 Å². The van der Waals surface area contributed by atoms with Crippen molar-refractivity contribution in [3.8, 4) is 0 Å². The van der Waals surface area contributed by atoms with Crippen LogP contribution in [-0.4, -0.2) is 25.0 Å². The van der Waals surface area contributed by atoms with Crippen molar-refractivity contribution in [1.82, 2.24) is 0 Å². The molecule has 1 aliphatic rings. The van der Waals surface area contributed by atoms with Gasteiger partial charge in [0.05, 0.1) is 0 Å². The molecule has 0 aliphatic heterocycles. The first-order chi connectivity index (χ1) is 6.49. The summed E-state index contributed by atoms with van der Waals surface area (Å²) in [5, 5.41) is 9.30. The van der Waals surface area contributed by atoms with Gasteiger partial charge in [0.15, 0.2) is 13.9 Å². The van der Waals surface area contributed by atoms with Gasteiger partial charge < -0.3 is 9.53 Å². The molecule has 3 nitrogen and oxygen atoms in total. The predicted molar refractivity (Wildman–Crippen MR) is 62.4 cm³/mol. The summed E-state index contributed by atoms with van der Waals surface area (Å²) in [5.41, 5.74) is -0.874. The van der Waals surface area contributed by atoms with Crippen molar-refractivity contribution in [3.63, 3.8) is 0 Å². The standard InChI is InChI=1S/C11H22O3Si/c1-10(2,3)8-7-11(8,9(12)13)14-15(4,5)6/h8H,7H2,1-6H3,(H,12,13). The molecule has 4 heteroatoms. The molecule has 0 heterocycles. The van der Waals surface area contributed by atoms with Crippen LogP contribution in [0.25, 0.3) is 0 Å². The van der Waals surface area contributed by atoms with Crippen LogP contribution in [0.1, 0.15) is 27.2 Å². The summed E-state index contributed by atoms with van der Waals surface area (Å²) >= 11 is 0. The minimum atomic E-state index is -1.79. The van der Waals surface area contributed by atoms with Crippen LogP contribution in [-0.2, 0) is 9.22 Å². The minimum absolute atomic E-state index is 0.0119. The van der Waals surface area contributed by atoms with Gasteiger partial charge in [-0.15, -0.1) is 0 Å². The molecule has 0 aromatic carbocycles. The summed E-state index contributed by atoms with van der Waals surface area (Å²) in [7, 11) is -1.79. The molecular formula is C11H22O3Si. The van der Waals surface area contributed by atoms with E-state index in [-0.39, 0.29) is 11.3 Å². The zero-order valence-corrected chi connectivity index (χ0v) is 11.5. The summed E-state index contributed by atoms with van der Waals surface area (Å²) in [6.45, 7) is 12.4. The summed E-state index contributed by atoms with van der Waals surface area (Å²) < 4.78 is 5.88. The molecule has 1 saturated carbocycles. The highest BCUT2D eigenvalue weighted by molar-refractivity contribution is 6.70. The molecule has 1 fully saturated rings. The van der Waals surface area contributed by atoms with Crippen molar-refractivity contribution >= 4 is 14.3 Å². The summed E-state index contributed by atoms with van der Waals surface area (Å²) in [5.74, 6) is -0.640. The topological polar surface area (TPSA) is 46.5 Å². The third-order valence-electron chi connectivity index (χ3n) is 2.81. The predicted octanol–water partition coefficient (Wildman–Crippen LogP) is 2.73. The lowest BCUT2D eigenvalue weighted by Crippen LogP contribution is -2.41. The van der Waals surface area contributed by atoms with Crippen LogP contribution < -0.4 is 0 Å². The second kappa shape index (κ2) is 3.32. The van der Waals surface area contributed by atoms with Gasteiger partial charge >= 0.3 is 5.97 Å². The average Bonchev–Trinajstić information content (AvgIpc) is 2.58. The van der Waals surface area contributed by atoms with Crippen molar-refractivity contribution in [2.45, 2.75) is 52.4 Å². The van der Waals surface area contributed by atoms with E-state index in [1.54, 1.807) is 0 Å². The van der Waals surface area contributed by atoms with Gasteiger partial charge in [-0.3, -0.25) is 0 Å². The first kappa shape index (κ1) is 12.7. The van der Waals surface area contributed by atoms with E-state index in [1.165, 1.54) is 0 Å². The zero-order chi connectivity index (χ0) is 12.1. The van der Waals surface area contributed by atoms with Crippen molar-refractivity contribution in [2.24, 2.45) is 11.3 Å².